The van der Waals surface area contributed by atoms with E-state index in [-0.39, 0.29) is 11.9 Å². The molecule has 27 heavy (non-hydrogen) atoms. The lowest BCUT2D eigenvalue weighted by molar-refractivity contribution is -0.128. The summed E-state index contributed by atoms with van der Waals surface area (Å²) >= 11 is 1.67. The predicted molar refractivity (Wildman–Crippen MR) is 110 cm³/mol. The summed E-state index contributed by atoms with van der Waals surface area (Å²) < 4.78 is 4.22. The largest absolute Gasteiger partial charge is 0.353 e. The number of imidazole rings is 1. The highest BCUT2D eigenvalue weighted by Crippen LogP contribution is 2.30. The lowest BCUT2D eigenvalue weighted by Crippen LogP contribution is -2.34. The SMILES string of the molecule is Cc1cn2c(/C=C/C(=O)N3CCCCCC3c3cccn3C)c(C)nc2s1. The standard InChI is InChI=1S/C21H26N4OS/c1-15-14-25-17(16(2)22-21(25)27-15)10-11-20(26)24-13-6-4-5-8-19(24)18-9-7-12-23(18)3/h7,9-12,14,19H,4-6,8,13H2,1-3H3/b11-10+. The lowest BCUT2D eigenvalue weighted by atomic mass is 10.1. The molecule has 1 unspecified atom stereocenters. The zero-order valence-electron chi connectivity index (χ0n) is 16.2. The van der Waals surface area contributed by atoms with E-state index in [1.54, 1.807) is 17.4 Å². The third-order valence-corrected chi connectivity index (χ3v) is 6.31. The Morgan fingerprint density at radius 1 is 1.30 bits per heavy atom. The van der Waals surface area contributed by atoms with Crippen molar-refractivity contribution in [3.8, 4) is 0 Å². The highest BCUT2D eigenvalue weighted by molar-refractivity contribution is 7.17. The van der Waals surface area contributed by atoms with E-state index in [0.717, 1.165) is 35.7 Å². The Kier molecular flexibility index (Phi) is 4.91. The maximum absolute atomic E-state index is 13.1. The molecule has 1 amide bonds. The number of hydrogen-bond acceptors (Lipinski definition) is 3. The lowest BCUT2D eigenvalue weighted by Gasteiger charge is -2.29. The van der Waals surface area contributed by atoms with E-state index in [9.17, 15) is 4.79 Å². The average Bonchev–Trinajstić information content (AvgIpc) is 3.21. The summed E-state index contributed by atoms with van der Waals surface area (Å²) in [7, 11) is 2.06. The fraction of sp³-hybridized carbons (Fsp3) is 0.429. The van der Waals surface area contributed by atoms with Crippen molar-refractivity contribution in [2.75, 3.05) is 6.54 Å². The van der Waals surface area contributed by atoms with Crippen molar-refractivity contribution in [2.24, 2.45) is 7.05 Å². The van der Waals surface area contributed by atoms with Gasteiger partial charge in [0.05, 0.1) is 17.4 Å². The maximum atomic E-state index is 13.1. The smallest absolute Gasteiger partial charge is 0.247 e. The van der Waals surface area contributed by atoms with Gasteiger partial charge in [-0.2, -0.15) is 0 Å². The molecule has 0 spiro atoms. The molecule has 6 heteroatoms. The molecule has 3 aromatic rings. The number of fused-ring (bicyclic) bond motifs is 1. The zero-order chi connectivity index (χ0) is 19.0. The number of aromatic nitrogens is 3. The Balaban J connectivity index is 1.62. The van der Waals surface area contributed by atoms with Gasteiger partial charge >= 0.3 is 0 Å². The van der Waals surface area contributed by atoms with Gasteiger partial charge in [0.25, 0.3) is 0 Å². The van der Waals surface area contributed by atoms with Crippen molar-refractivity contribution in [1.29, 1.82) is 0 Å². The highest BCUT2D eigenvalue weighted by atomic mass is 32.1. The fourth-order valence-electron chi connectivity index (χ4n) is 4.03. The van der Waals surface area contributed by atoms with Gasteiger partial charge in [-0.25, -0.2) is 4.98 Å². The molecule has 0 N–H and O–H groups in total. The first-order chi connectivity index (χ1) is 13.0. The molecule has 0 bridgehead atoms. The van der Waals surface area contributed by atoms with Gasteiger partial charge in [-0.15, -0.1) is 11.3 Å². The number of carbonyl (C=O) groups is 1. The maximum Gasteiger partial charge on any atom is 0.247 e. The van der Waals surface area contributed by atoms with Gasteiger partial charge < -0.3 is 9.47 Å². The predicted octanol–water partition coefficient (Wildman–Crippen LogP) is 4.51. The van der Waals surface area contributed by atoms with E-state index in [1.165, 1.54) is 23.4 Å². The summed E-state index contributed by atoms with van der Waals surface area (Å²) in [5.41, 5.74) is 3.17. The van der Waals surface area contributed by atoms with Crippen LogP contribution < -0.4 is 0 Å². The van der Waals surface area contributed by atoms with Crippen LogP contribution in [0.1, 0.15) is 53.7 Å². The zero-order valence-corrected chi connectivity index (χ0v) is 17.0. The summed E-state index contributed by atoms with van der Waals surface area (Å²) in [6.07, 6.45) is 12.2. The van der Waals surface area contributed by atoms with E-state index in [1.807, 2.05) is 17.9 Å². The summed E-state index contributed by atoms with van der Waals surface area (Å²) in [6.45, 7) is 4.89. The van der Waals surface area contributed by atoms with Crippen molar-refractivity contribution in [3.63, 3.8) is 0 Å². The molecule has 0 aromatic carbocycles. The number of thiazole rings is 1. The van der Waals surface area contributed by atoms with Crippen molar-refractivity contribution in [1.82, 2.24) is 18.9 Å². The Hall–Kier alpha value is -2.34. The van der Waals surface area contributed by atoms with Gasteiger partial charge in [0.15, 0.2) is 4.96 Å². The number of carbonyl (C=O) groups excluding carboxylic acids is 1. The molecule has 5 nitrogen and oxygen atoms in total. The quantitative estimate of drug-likeness (QED) is 0.626. The molecule has 1 fully saturated rings. The molecular formula is C21H26N4OS. The molecule has 4 rings (SSSR count). The highest BCUT2D eigenvalue weighted by Gasteiger charge is 2.27. The summed E-state index contributed by atoms with van der Waals surface area (Å²) in [5, 5.41) is 0. The van der Waals surface area contributed by atoms with Crippen molar-refractivity contribution >= 4 is 28.3 Å². The summed E-state index contributed by atoms with van der Waals surface area (Å²) in [5.74, 6) is 0.0874. The molecule has 4 heterocycles. The van der Waals surface area contributed by atoms with Gasteiger partial charge in [-0.1, -0.05) is 12.8 Å². The van der Waals surface area contributed by atoms with Crippen LogP contribution in [0.15, 0.2) is 30.6 Å². The minimum atomic E-state index is 0.0874. The van der Waals surface area contributed by atoms with E-state index in [4.69, 9.17) is 0 Å². The summed E-state index contributed by atoms with van der Waals surface area (Å²) in [4.78, 5) is 22.0. The Morgan fingerprint density at radius 3 is 2.93 bits per heavy atom. The van der Waals surface area contributed by atoms with Crippen LogP contribution in [0.3, 0.4) is 0 Å². The third kappa shape index (κ3) is 3.46. The first kappa shape index (κ1) is 18.0. The van der Waals surface area contributed by atoms with Crippen LogP contribution in [0.4, 0.5) is 0 Å². The molecule has 3 aromatic heterocycles. The second-order valence-electron chi connectivity index (χ2n) is 7.35. The van der Waals surface area contributed by atoms with Gasteiger partial charge in [-0.05, 0) is 44.9 Å². The number of rotatable bonds is 3. The van der Waals surface area contributed by atoms with Crippen LogP contribution in [0.5, 0.6) is 0 Å². The number of hydrogen-bond donors (Lipinski definition) is 0. The molecule has 1 atom stereocenters. The Morgan fingerprint density at radius 2 is 2.15 bits per heavy atom. The van der Waals surface area contributed by atoms with E-state index in [0.29, 0.717) is 0 Å². The van der Waals surface area contributed by atoms with Crippen LogP contribution in [0.25, 0.3) is 11.0 Å². The molecule has 0 radical (unpaired) electrons. The fourth-order valence-corrected chi connectivity index (χ4v) is 4.91. The molecule has 1 aliphatic rings. The Bertz CT molecular complexity index is 993. The van der Waals surface area contributed by atoms with Gasteiger partial charge in [0.2, 0.25) is 5.91 Å². The molecule has 0 aliphatic carbocycles. The minimum Gasteiger partial charge on any atom is -0.353 e. The number of amides is 1. The second-order valence-corrected chi connectivity index (χ2v) is 8.56. The van der Waals surface area contributed by atoms with Crippen molar-refractivity contribution in [2.45, 2.75) is 45.6 Å². The van der Waals surface area contributed by atoms with Crippen LogP contribution in [-0.2, 0) is 11.8 Å². The minimum absolute atomic E-state index is 0.0874. The van der Waals surface area contributed by atoms with Crippen LogP contribution in [0.2, 0.25) is 0 Å². The van der Waals surface area contributed by atoms with Crippen LogP contribution >= 0.6 is 11.3 Å². The van der Waals surface area contributed by atoms with Crippen LogP contribution in [-0.4, -0.2) is 31.3 Å². The summed E-state index contributed by atoms with van der Waals surface area (Å²) in [6, 6.07) is 4.35. The molecule has 0 saturated carbocycles. The topological polar surface area (TPSA) is 42.5 Å². The first-order valence-corrected chi connectivity index (χ1v) is 10.4. The number of aryl methyl sites for hydroxylation is 3. The van der Waals surface area contributed by atoms with E-state index >= 15 is 0 Å². The second kappa shape index (κ2) is 7.35. The van der Waals surface area contributed by atoms with Gasteiger partial charge in [-0.3, -0.25) is 9.20 Å². The normalized spacial score (nSPS) is 18.5. The van der Waals surface area contributed by atoms with E-state index < -0.39 is 0 Å². The number of likely N-dealkylation sites (tertiary alicyclic amines) is 1. The van der Waals surface area contributed by atoms with Crippen molar-refractivity contribution < 1.29 is 4.79 Å². The molecular weight excluding hydrogens is 356 g/mol. The molecule has 1 aliphatic heterocycles. The van der Waals surface area contributed by atoms with Crippen LogP contribution in [0, 0.1) is 13.8 Å². The first-order valence-electron chi connectivity index (χ1n) is 9.59. The third-order valence-electron chi connectivity index (χ3n) is 5.41. The van der Waals surface area contributed by atoms with E-state index in [2.05, 4.69) is 52.4 Å². The molecule has 1 saturated heterocycles. The molecule has 142 valence electrons. The van der Waals surface area contributed by atoms with Gasteiger partial charge in [0, 0.05) is 42.6 Å². The number of nitrogens with zero attached hydrogens (tertiary/aromatic N) is 4. The van der Waals surface area contributed by atoms with Gasteiger partial charge in [0.1, 0.15) is 0 Å². The average molecular weight is 383 g/mol. The monoisotopic (exact) mass is 382 g/mol. The Labute approximate surface area is 163 Å². The van der Waals surface area contributed by atoms with Crippen molar-refractivity contribution in [3.05, 3.63) is 52.6 Å².